The minimum absolute atomic E-state index is 0.175. The molecule has 128 valence electrons. The summed E-state index contributed by atoms with van der Waals surface area (Å²) in [6.45, 7) is 4.86. The molecular weight excluding hydrogens is 300 g/mol. The highest BCUT2D eigenvalue weighted by Crippen LogP contribution is 2.23. The second-order valence-electron chi connectivity index (χ2n) is 6.04. The second kappa shape index (κ2) is 8.50. The number of carbonyl (C=O) groups excluding carboxylic acids is 1. The summed E-state index contributed by atoms with van der Waals surface area (Å²) in [6.07, 6.45) is 1.68. The van der Waals surface area contributed by atoms with E-state index in [1.54, 1.807) is 13.0 Å². The fraction of sp³-hybridized carbons (Fsp3) is 0.350. The van der Waals surface area contributed by atoms with Crippen LogP contribution in [0.2, 0.25) is 0 Å². The lowest BCUT2D eigenvalue weighted by Gasteiger charge is -2.19. The Morgan fingerprint density at radius 3 is 2.46 bits per heavy atom. The van der Waals surface area contributed by atoms with Gasteiger partial charge >= 0.3 is 0 Å². The van der Waals surface area contributed by atoms with E-state index in [-0.39, 0.29) is 5.91 Å². The van der Waals surface area contributed by atoms with Gasteiger partial charge in [-0.1, -0.05) is 31.5 Å². The molecule has 0 radical (unpaired) electrons. The summed E-state index contributed by atoms with van der Waals surface area (Å²) >= 11 is 0. The number of aliphatic hydroxyl groups is 1. The number of unbranched alkanes of at least 4 members (excludes halogenated alkanes) is 1. The quantitative estimate of drug-likeness (QED) is 0.800. The Morgan fingerprint density at radius 1 is 1.17 bits per heavy atom. The Balaban J connectivity index is 2.08. The molecule has 0 aliphatic carbocycles. The molecule has 1 unspecified atom stereocenters. The van der Waals surface area contributed by atoms with Gasteiger partial charge in [0.05, 0.1) is 6.10 Å². The molecular formula is C20H26N2O2. The van der Waals surface area contributed by atoms with E-state index in [9.17, 15) is 9.90 Å². The van der Waals surface area contributed by atoms with Gasteiger partial charge in [-0.15, -0.1) is 0 Å². The highest BCUT2D eigenvalue weighted by molar-refractivity contribution is 6.04. The molecule has 24 heavy (non-hydrogen) atoms. The first-order valence-corrected chi connectivity index (χ1v) is 8.42. The third kappa shape index (κ3) is 4.59. The molecule has 0 aliphatic heterocycles. The van der Waals surface area contributed by atoms with E-state index in [1.165, 1.54) is 0 Å². The number of anilines is 2. The Bertz CT molecular complexity index is 666. The summed E-state index contributed by atoms with van der Waals surface area (Å²) in [5.41, 5.74) is 3.05. The highest BCUT2D eigenvalue weighted by atomic mass is 16.3. The molecule has 0 bridgehead atoms. The number of nitrogens with one attached hydrogen (secondary N) is 1. The normalized spacial score (nSPS) is 11.8. The lowest BCUT2D eigenvalue weighted by Crippen LogP contribution is -2.18. The van der Waals surface area contributed by atoms with Crippen molar-refractivity contribution in [3.05, 3.63) is 59.7 Å². The van der Waals surface area contributed by atoms with Crippen molar-refractivity contribution in [2.75, 3.05) is 23.8 Å². The third-order valence-electron chi connectivity index (χ3n) is 4.08. The molecule has 4 nitrogen and oxygen atoms in total. The summed E-state index contributed by atoms with van der Waals surface area (Å²) in [5, 5.41) is 12.7. The zero-order valence-electron chi connectivity index (χ0n) is 14.6. The fourth-order valence-corrected chi connectivity index (χ4v) is 2.56. The van der Waals surface area contributed by atoms with Crippen molar-refractivity contribution in [1.82, 2.24) is 0 Å². The molecule has 4 heteroatoms. The van der Waals surface area contributed by atoms with Crippen molar-refractivity contribution in [2.45, 2.75) is 32.8 Å². The zero-order valence-corrected chi connectivity index (χ0v) is 14.6. The number of carbonyl (C=O) groups is 1. The standard InChI is InChI=1S/C20H26N2O2/c1-4-5-14-22(3)17-12-10-16(11-13-17)20(24)21-19-9-7-6-8-18(19)15(2)23/h6-13,15,23H,4-5,14H2,1-3H3,(H,21,24). The first-order chi connectivity index (χ1) is 11.5. The van der Waals surface area contributed by atoms with Crippen LogP contribution in [0.3, 0.4) is 0 Å². The van der Waals surface area contributed by atoms with Gasteiger partial charge in [0.15, 0.2) is 0 Å². The minimum atomic E-state index is -0.629. The van der Waals surface area contributed by atoms with Gasteiger partial charge in [0, 0.05) is 36.1 Å². The number of nitrogens with zero attached hydrogens (tertiary/aromatic N) is 1. The molecule has 0 saturated carbocycles. The van der Waals surface area contributed by atoms with Gasteiger partial charge < -0.3 is 15.3 Å². The van der Waals surface area contributed by atoms with Crippen molar-refractivity contribution >= 4 is 17.3 Å². The maximum Gasteiger partial charge on any atom is 0.255 e. The molecule has 0 aromatic heterocycles. The molecule has 1 amide bonds. The van der Waals surface area contributed by atoms with Gasteiger partial charge in [0.25, 0.3) is 5.91 Å². The number of hydrogen-bond donors (Lipinski definition) is 2. The zero-order chi connectivity index (χ0) is 17.5. The number of para-hydroxylation sites is 1. The first-order valence-electron chi connectivity index (χ1n) is 8.42. The van der Waals surface area contributed by atoms with Crippen LogP contribution in [0, 0.1) is 0 Å². The van der Waals surface area contributed by atoms with E-state index in [0.29, 0.717) is 16.8 Å². The van der Waals surface area contributed by atoms with Crippen molar-refractivity contribution in [3.63, 3.8) is 0 Å². The van der Waals surface area contributed by atoms with Gasteiger partial charge in [-0.05, 0) is 43.7 Å². The lowest BCUT2D eigenvalue weighted by molar-refractivity contribution is 0.102. The molecule has 2 N–H and O–H groups in total. The van der Waals surface area contributed by atoms with Gasteiger partial charge in [0.2, 0.25) is 0 Å². The molecule has 2 aromatic carbocycles. The fourth-order valence-electron chi connectivity index (χ4n) is 2.56. The van der Waals surface area contributed by atoms with E-state index in [2.05, 4.69) is 24.2 Å². The van der Waals surface area contributed by atoms with Gasteiger partial charge in [0.1, 0.15) is 0 Å². The number of amides is 1. The predicted molar refractivity (Wildman–Crippen MR) is 99.6 cm³/mol. The summed E-state index contributed by atoms with van der Waals surface area (Å²) < 4.78 is 0. The molecule has 1 atom stereocenters. The predicted octanol–water partition coefficient (Wildman–Crippen LogP) is 4.23. The lowest BCUT2D eigenvalue weighted by atomic mass is 10.1. The molecule has 0 aliphatic rings. The van der Waals surface area contributed by atoms with Crippen LogP contribution in [0.25, 0.3) is 0 Å². The van der Waals surface area contributed by atoms with Gasteiger partial charge in [-0.3, -0.25) is 4.79 Å². The van der Waals surface area contributed by atoms with E-state index in [0.717, 1.165) is 25.1 Å². The first kappa shape index (κ1) is 18.0. The third-order valence-corrected chi connectivity index (χ3v) is 4.08. The summed E-state index contributed by atoms with van der Waals surface area (Å²) in [7, 11) is 2.06. The van der Waals surface area contributed by atoms with Crippen LogP contribution in [0.4, 0.5) is 11.4 Å². The van der Waals surface area contributed by atoms with Crippen molar-refractivity contribution in [1.29, 1.82) is 0 Å². The van der Waals surface area contributed by atoms with Gasteiger partial charge in [-0.25, -0.2) is 0 Å². The number of aliphatic hydroxyl groups excluding tert-OH is 1. The molecule has 0 spiro atoms. The maximum absolute atomic E-state index is 12.4. The average molecular weight is 326 g/mol. The SMILES string of the molecule is CCCCN(C)c1ccc(C(=O)Nc2ccccc2C(C)O)cc1. The van der Waals surface area contributed by atoms with E-state index in [4.69, 9.17) is 0 Å². The number of benzene rings is 2. The Morgan fingerprint density at radius 2 is 1.83 bits per heavy atom. The van der Waals surface area contributed by atoms with Gasteiger partial charge in [-0.2, -0.15) is 0 Å². The molecule has 0 saturated heterocycles. The monoisotopic (exact) mass is 326 g/mol. The van der Waals surface area contributed by atoms with Crippen molar-refractivity contribution in [3.8, 4) is 0 Å². The summed E-state index contributed by atoms with van der Waals surface area (Å²) in [6, 6.07) is 14.9. The van der Waals surface area contributed by atoms with Crippen molar-refractivity contribution in [2.24, 2.45) is 0 Å². The second-order valence-corrected chi connectivity index (χ2v) is 6.04. The van der Waals surface area contributed by atoms with Crippen LogP contribution in [0.15, 0.2) is 48.5 Å². The van der Waals surface area contributed by atoms with Crippen LogP contribution in [0.5, 0.6) is 0 Å². The van der Waals surface area contributed by atoms with E-state index in [1.807, 2.05) is 42.5 Å². The maximum atomic E-state index is 12.4. The summed E-state index contributed by atoms with van der Waals surface area (Å²) in [5.74, 6) is -0.175. The largest absolute Gasteiger partial charge is 0.389 e. The Labute approximate surface area is 144 Å². The van der Waals surface area contributed by atoms with E-state index < -0.39 is 6.10 Å². The van der Waals surface area contributed by atoms with Crippen molar-refractivity contribution < 1.29 is 9.90 Å². The molecule has 2 aromatic rings. The molecule has 0 fully saturated rings. The Kier molecular flexibility index (Phi) is 6.38. The van der Waals surface area contributed by atoms with Crippen LogP contribution >= 0.6 is 0 Å². The topological polar surface area (TPSA) is 52.6 Å². The molecule has 0 heterocycles. The van der Waals surface area contributed by atoms with Crippen LogP contribution in [-0.4, -0.2) is 24.6 Å². The van der Waals surface area contributed by atoms with Crippen LogP contribution < -0.4 is 10.2 Å². The number of hydrogen-bond acceptors (Lipinski definition) is 3. The van der Waals surface area contributed by atoms with Crippen LogP contribution in [-0.2, 0) is 0 Å². The number of rotatable bonds is 7. The average Bonchev–Trinajstić information content (AvgIpc) is 2.60. The minimum Gasteiger partial charge on any atom is -0.389 e. The summed E-state index contributed by atoms with van der Waals surface area (Å²) in [4.78, 5) is 14.6. The molecule has 2 rings (SSSR count). The highest BCUT2D eigenvalue weighted by Gasteiger charge is 2.12. The van der Waals surface area contributed by atoms with E-state index >= 15 is 0 Å². The van der Waals surface area contributed by atoms with Crippen LogP contribution in [0.1, 0.15) is 48.7 Å². The Hall–Kier alpha value is -2.33. The smallest absolute Gasteiger partial charge is 0.255 e.